The molecule has 5 nitrogen and oxygen atoms in total. The minimum atomic E-state index is -0.238. The fourth-order valence-electron chi connectivity index (χ4n) is 1.33. The fraction of sp³-hybridized carbons (Fsp3) is 0.375. The summed E-state index contributed by atoms with van der Waals surface area (Å²) in [6, 6.07) is 0. The number of aromatic nitrogens is 1. The van der Waals surface area contributed by atoms with Crippen LogP contribution in [0.2, 0.25) is 0 Å². The van der Waals surface area contributed by atoms with E-state index in [-0.39, 0.29) is 24.9 Å². The van der Waals surface area contributed by atoms with E-state index < -0.39 is 0 Å². The van der Waals surface area contributed by atoms with Crippen LogP contribution in [0.1, 0.15) is 5.01 Å². The number of thiazole rings is 1. The Morgan fingerprint density at radius 2 is 2.14 bits per heavy atom. The number of hydrogen-bond donors (Lipinski definition) is 1. The summed E-state index contributed by atoms with van der Waals surface area (Å²) in [4.78, 5) is 27.9. The van der Waals surface area contributed by atoms with Crippen molar-refractivity contribution in [3.05, 3.63) is 16.6 Å². The molecule has 0 aliphatic carbocycles. The van der Waals surface area contributed by atoms with E-state index in [0.29, 0.717) is 6.54 Å². The number of nitrogens with zero attached hydrogens (tertiary/aromatic N) is 2. The van der Waals surface area contributed by atoms with Crippen LogP contribution < -0.4 is 5.32 Å². The lowest BCUT2D eigenvalue weighted by molar-refractivity contribution is -0.136. The van der Waals surface area contributed by atoms with Gasteiger partial charge in [0.2, 0.25) is 11.8 Å². The lowest BCUT2D eigenvalue weighted by Crippen LogP contribution is -2.50. The molecule has 0 aromatic carbocycles. The van der Waals surface area contributed by atoms with Crippen molar-refractivity contribution in [2.75, 3.05) is 13.1 Å². The van der Waals surface area contributed by atoms with Crippen molar-refractivity contribution in [3.63, 3.8) is 0 Å². The van der Waals surface area contributed by atoms with Crippen LogP contribution in [0.5, 0.6) is 0 Å². The molecule has 14 heavy (non-hydrogen) atoms. The lowest BCUT2D eigenvalue weighted by Gasteiger charge is -2.23. The van der Waals surface area contributed by atoms with E-state index in [1.807, 2.05) is 5.38 Å². The number of piperazine rings is 1. The third-order valence-electron chi connectivity index (χ3n) is 1.86. The van der Waals surface area contributed by atoms with Gasteiger partial charge < -0.3 is 0 Å². The van der Waals surface area contributed by atoms with Crippen LogP contribution in [-0.2, 0) is 16.1 Å². The number of rotatable bonds is 2. The minimum Gasteiger partial charge on any atom is -0.294 e. The first-order valence-corrected chi connectivity index (χ1v) is 5.05. The van der Waals surface area contributed by atoms with Crippen LogP contribution in [0, 0.1) is 0 Å². The first-order valence-electron chi connectivity index (χ1n) is 4.17. The summed E-state index contributed by atoms with van der Waals surface area (Å²) < 4.78 is 0. The topological polar surface area (TPSA) is 62.3 Å². The average Bonchev–Trinajstić information content (AvgIpc) is 2.54. The van der Waals surface area contributed by atoms with Gasteiger partial charge in [-0.1, -0.05) is 0 Å². The molecular formula is C8H9N3O2S. The number of carbonyl (C=O) groups is 2. The number of hydrogen-bond acceptors (Lipinski definition) is 5. The van der Waals surface area contributed by atoms with Gasteiger partial charge in [-0.15, -0.1) is 11.3 Å². The number of amides is 2. The number of carbonyl (C=O) groups excluding carboxylic acids is 2. The van der Waals surface area contributed by atoms with Gasteiger partial charge in [-0.25, -0.2) is 4.98 Å². The molecule has 0 saturated carbocycles. The van der Waals surface area contributed by atoms with Gasteiger partial charge in [0.25, 0.3) is 0 Å². The van der Waals surface area contributed by atoms with Crippen LogP contribution in [-0.4, -0.2) is 34.8 Å². The minimum absolute atomic E-state index is 0.238. The van der Waals surface area contributed by atoms with E-state index in [4.69, 9.17) is 0 Å². The van der Waals surface area contributed by atoms with Gasteiger partial charge in [0.05, 0.1) is 19.6 Å². The van der Waals surface area contributed by atoms with Gasteiger partial charge in [-0.2, -0.15) is 0 Å². The summed E-state index contributed by atoms with van der Waals surface area (Å²) in [6.45, 7) is 1.10. The number of nitrogens with one attached hydrogen (secondary N) is 1. The molecule has 1 saturated heterocycles. The molecule has 0 spiro atoms. The molecule has 0 atom stereocenters. The van der Waals surface area contributed by atoms with Crippen LogP contribution in [0.15, 0.2) is 11.6 Å². The standard InChI is InChI=1S/C8H9N3O2S/c12-6-3-11(4-7(13)10-6)5-8-9-1-2-14-8/h1-2H,3-5H2,(H,10,12,13). The maximum absolute atomic E-state index is 11.0. The molecule has 6 heteroatoms. The maximum atomic E-state index is 11.0. The Morgan fingerprint density at radius 3 is 2.71 bits per heavy atom. The zero-order valence-corrected chi connectivity index (χ0v) is 8.21. The maximum Gasteiger partial charge on any atom is 0.240 e. The van der Waals surface area contributed by atoms with Crippen LogP contribution in [0.4, 0.5) is 0 Å². The highest BCUT2D eigenvalue weighted by atomic mass is 32.1. The van der Waals surface area contributed by atoms with Crippen molar-refractivity contribution in [2.45, 2.75) is 6.54 Å². The van der Waals surface area contributed by atoms with Crippen molar-refractivity contribution < 1.29 is 9.59 Å². The van der Waals surface area contributed by atoms with Gasteiger partial charge in [0.15, 0.2) is 0 Å². The highest BCUT2D eigenvalue weighted by Crippen LogP contribution is 2.08. The Bertz CT molecular complexity index is 333. The predicted octanol–water partition coefficient (Wildman–Crippen LogP) is -0.399. The summed E-state index contributed by atoms with van der Waals surface area (Å²) >= 11 is 1.52. The van der Waals surface area contributed by atoms with E-state index in [1.54, 1.807) is 11.1 Å². The van der Waals surface area contributed by atoms with E-state index >= 15 is 0 Å². The molecule has 1 aliphatic heterocycles. The Labute approximate surface area is 84.7 Å². The monoisotopic (exact) mass is 211 g/mol. The molecule has 1 aromatic rings. The molecule has 1 fully saturated rings. The van der Waals surface area contributed by atoms with Crippen molar-refractivity contribution >= 4 is 23.2 Å². The van der Waals surface area contributed by atoms with Crippen molar-refractivity contribution in [1.82, 2.24) is 15.2 Å². The predicted molar refractivity (Wildman–Crippen MR) is 50.5 cm³/mol. The molecule has 2 amide bonds. The Morgan fingerprint density at radius 1 is 1.43 bits per heavy atom. The molecule has 74 valence electrons. The second kappa shape index (κ2) is 3.85. The van der Waals surface area contributed by atoms with Gasteiger partial charge in [0.1, 0.15) is 5.01 Å². The Kier molecular flexibility index (Phi) is 2.55. The molecular weight excluding hydrogens is 202 g/mol. The smallest absolute Gasteiger partial charge is 0.240 e. The summed E-state index contributed by atoms with van der Waals surface area (Å²) in [5.41, 5.74) is 0. The van der Waals surface area contributed by atoms with E-state index in [9.17, 15) is 9.59 Å². The molecule has 2 heterocycles. The molecule has 0 unspecified atom stereocenters. The number of imide groups is 1. The van der Waals surface area contributed by atoms with E-state index in [0.717, 1.165) is 5.01 Å². The van der Waals surface area contributed by atoms with Crippen molar-refractivity contribution in [3.8, 4) is 0 Å². The quantitative estimate of drug-likeness (QED) is 0.676. The van der Waals surface area contributed by atoms with Crippen molar-refractivity contribution in [2.24, 2.45) is 0 Å². The zero-order chi connectivity index (χ0) is 9.97. The third kappa shape index (κ3) is 2.15. The summed E-state index contributed by atoms with van der Waals surface area (Å²) in [6.07, 6.45) is 1.71. The highest BCUT2D eigenvalue weighted by molar-refractivity contribution is 7.09. The van der Waals surface area contributed by atoms with Crippen LogP contribution >= 0.6 is 11.3 Å². The van der Waals surface area contributed by atoms with E-state index in [2.05, 4.69) is 10.3 Å². The SMILES string of the molecule is O=C1CN(Cc2nccs2)CC(=O)N1. The Balaban J connectivity index is 1.98. The van der Waals surface area contributed by atoms with Gasteiger partial charge in [0, 0.05) is 11.6 Å². The second-order valence-electron chi connectivity index (χ2n) is 3.04. The molecule has 0 bridgehead atoms. The first-order chi connectivity index (χ1) is 6.74. The third-order valence-corrected chi connectivity index (χ3v) is 2.62. The zero-order valence-electron chi connectivity index (χ0n) is 7.40. The van der Waals surface area contributed by atoms with E-state index in [1.165, 1.54) is 11.3 Å². The molecule has 1 aromatic heterocycles. The molecule has 1 N–H and O–H groups in total. The molecule has 0 radical (unpaired) electrons. The highest BCUT2D eigenvalue weighted by Gasteiger charge is 2.22. The van der Waals surface area contributed by atoms with Gasteiger partial charge in [-0.3, -0.25) is 19.8 Å². The molecule has 1 aliphatic rings. The van der Waals surface area contributed by atoms with Crippen LogP contribution in [0.25, 0.3) is 0 Å². The Hall–Kier alpha value is -1.27. The first kappa shape index (κ1) is 9.29. The summed E-state index contributed by atoms with van der Waals surface area (Å²) in [7, 11) is 0. The largest absolute Gasteiger partial charge is 0.294 e. The van der Waals surface area contributed by atoms with Gasteiger partial charge in [-0.05, 0) is 0 Å². The van der Waals surface area contributed by atoms with Crippen LogP contribution in [0.3, 0.4) is 0 Å². The normalized spacial score (nSPS) is 18.3. The lowest BCUT2D eigenvalue weighted by atomic mass is 10.3. The summed E-state index contributed by atoms with van der Waals surface area (Å²) in [5, 5.41) is 5.05. The molecule has 2 rings (SSSR count). The average molecular weight is 211 g/mol. The van der Waals surface area contributed by atoms with Gasteiger partial charge >= 0.3 is 0 Å². The van der Waals surface area contributed by atoms with Crippen molar-refractivity contribution in [1.29, 1.82) is 0 Å². The summed E-state index contributed by atoms with van der Waals surface area (Å²) in [5.74, 6) is -0.476. The fourth-order valence-corrected chi connectivity index (χ4v) is 1.99. The second-order valence-corrected chi connectivity index (χ2v) is 4.02.